The summed E-state index contributed by atoms with van der Waals surface area (Å²) in [6.45, 7) is 8.18. The molecule has 12 heavy (non-hydrogen) atoms. The monoisotopic (exact) mass is 170 g/mol. The lowest BCUT2D eigenvalue weighted by Gasteiger charge is -2.15. The second-order valence-corrected chi connectivity index (χ2v) is 4.39. The van der Waals surface area contributed by atoms with Gasteiger partial charge in [0.05, 0.1) is 0 Å². The van der Waals surface area contributed by atoms with Gasteiger partial charge in [0.2, 0.25) is 0 Å². The van der Waals surface area contributed by atoms with Crippen LogP contribution in [0, 0.1) is 5.92 Å². The van der Waals surface area contributed by atoms with E-state index in [0.29, 0.717) is 6.04 Å². The number of rotatable bonds is 4. The van der Waals surface area contributed by atoms with Crippen molar-refractivity contribution in [2.45, 2.75) is 39.2 Å². The second kappa shape index (κ2) is 4.83. The fourth-order valence-electron chi connectivity index (χ4n) is 1.79. The SMILES string of the molecule is CC(C)CCCN1CCC(N)C1. The lowest BCUT2D eigenvalue weighted by molar-refractivity contribution is 0.317. The quantitative estimate of drug-likeness (QED) is 0.692. The third-order valence-electron chi connectivity index (χ3n) is 2.56. The standard InChI is InChI=1S/C10H22N2/c1-9(2)4-3-6-12-7-5-10(11)8-12/h9-10H,3-8,11H2,1-2H3. The van der Waals surface area contributed by atoms with Crippen molar-refractivity contribution in [3.63, 3.8) is 0 Å². The van der Waals surface area contributed by atoms with Gasteiger partial charge in [0.15, 0.2) is 0 Å². The summed E-state index contributed by atoms with van der Waals surface area (Å²) < 4.78 is 0. The Morgan fingerprint density at radius 1 is 1.50 bits per heavy atom. The predicted octanol–water partition coefficient (Wildman–Crippen LogP) is 1.46. The van der Waals surface area contributed by atoms with E-state index in [4.69, 9.17) is 5.73 Å². The van der Waals surface area contributed by atoms with E-state index in [0.717, 1.165) is 12.5 Å². The molecule has 0 saturated carbocycles. The molecular formula is C10H22N2. The van der Waals surface area contributed by atoms with Crippen molar-refractivity contribution in [2.75, 3.05) is 19.6 Å². The van der Waals surface area contributed by atoms with Crippen LogP contribution in [-0.4, -0.2) is 30.6 Å². The molecule has 0 aliphatic carbocycles. The van der Waals surface area contributed by atoms with Crippen molar-refractivity contribution in [3.8, 4) is 0 Å². The zero-order chi connectivity index (χ0) is 8.97. The molecule has 2 heteroatoms. The Balaban J connectivity index is 2.00. The van der Waals surface area contributed by atoms with Gasteiger partial charge in [-0.2, -0.15) is 0 Å². The predicted molar refractivity (Wildman–Crippen MR) is 53.1 cm³/mol. The van der Waals surface area contributed by atoms with E-state index in [1.807, 2.05) is 0 Å². The van der Waals surface area contributed by atoms with Crippen molar-refractivity contribution in [1.29, 1.82) is 0 Å². The van der Waals surface area contributed by atoms with E-state index in [1.165, 1.54) is 32.4 Å². The molecular weight excluding hydrogens is 148 g/mol. The first kappa shape index (κ1) is 10.0. The highest BCUT2D eigenvalue weighted by Gasteiger charge is 2.17. The van der Waals surface area contributed by atoms with Crippen LogP contribution in [0.15, 0.2) is 0 Å². The average molecular weight is 170 g/mol. The van der Waals surface area contributed by atoms with E-state index in [-0.39, 0.29) is 0 Å². The van der Waals surface area contributed by atoms with Crippen LogP contribution in [-0.2, 0) is 0 Å². The molecule has 1 saturated heterocycles. The summed E-state index contributed by atoms with van der Waals surface area (Å²) >= 11 is 0. The van der Waals surface area contributed by atoms with Crippen LogP contribution in [0.2, 0.25) is 0 Å². The zero-order valence-electron chi connectivity index (χ0n) is 8.42. The highest BCUT2D eigenvalue weighted by Crippen LogP contribution is 2.10. The summed E-state index contributed by atoms with van der Waals surface area (Å²) in [7, 11) is 0. The van der Waals surface area contributed by atoms with Crippen LogP contribution in [0.4, 0.5) is 0 Å². The molecule has 2 nitrogen and oxygen atoms in total. The Bertz CT molecular complexity index is 123. The smallest absolute Gasteiger partial charge is 0.0180 e. The normalized spacial score (nSPS) is 25.5. The second-order valence-electron chi connectivity index (χ2n) is 4.39. The summed E-state index contributed by atoms with van der Waals surface area (Å²) in [5, 5.41) is 0. The van der Waals surface area contributed by atoms with Crippen LogP contribution in [0.3, 0.4) is 0 Å². The maximum atomic E-state index is 5.81. The van der Waals surface area contributed by atoms with Gasteiger partial charge in [-0.05, 0) is 38.3 Å². The Morgan fingerprint density at radius 2 is 2.25 bits per heavy atom. The Labute approximate surface area is 76.1 Å². The van der Waals surface area contributed by atoms with Gasteiger partial charge in [-0.25, -0.2) is 0 Å². The van der Waals surface area contributed by atoms with Crippen molar-refractivity contribution < 1.29 is 0 Å². The van der Waals surface area contributed by atoms with Crippen LogP contribution >= 0.6 is 0 Å². The summed E-state index contributed by atoms with van der Waals surface area (Å²) in [5.74, 6) is 0.848. The summed E-state index contributed by atoms with van der Waals surface area (Å²) in [4.78, 5) is 2.49. The number of likely N-dealkylation sites (tertiary alicyclic amines) is 1. The zero-order valence-corrected chi connectivity index (χ0v) is 8.42. The Hall–Kier alpha value is -0.0800. The minimum Gasteiger partial charge on any atom is -0.326 e. The van der Waals surface area contributed by atoms with Crippen molar-refractivity contribution in [3.05, 3.63) is 0 Å². The van der Waals surface area contributed by atoms with Gasteiger partial charge in [0.1, 0.15) is 0 Å². The molecule has 1 unspecified atom stereocenters. The van der Waals surface area contributed by atoms with Gasteiger partial charge in [0.25, 0.3) is 0 Å². The van der Waals surface area contributed by atoms with Crippen molar-refractivity contribution >= 4 is 0 Å². The molecule has 72 valence electrons. The molecule has 1 aliphatic heterocycles. The van der Waals surface area contributed by atoms with Gasteiger partial charge in [-0.1, -0.05) is 13.8 Å². The lowest BCUT2D eigenvalue weighted by atomic mass is 10.1. The Morgan fingerprint density at radius 3 is 2.75 bits per heavy atom. The van der Waals surface area contributed by atoms with Crippen molar-refractivity contribution in [1.82, 2.24) is 4.90 Å². The van der Waals surface area contributed by atoms with Crippen molar-refractivity contribution in [2.24, 2.45) is 11.7 Å². The van der Waals surface area contributed by atoms with Crippen LogP contribution in [0.1, 0.15) is 33.1 Å². The van der Waals surface area contributed by atoms with Gasteiger partial charge in [0, 0.05) is 12.6 Å². The third kappa shape index (κ3) is 3.55. The summed E-state index contributed by atoms with van der Waals surface area (Å²) in [5.41, 5.74) is 5.81. The molecule has 1 atom stereocenters. The van der Waals surface area contributed by atoms with Gasteiger partial charge >= 0.3 is 0 Å². The average Bonchev–Trinajstić information content (AvgIpc) is 2.35. The minimum atomic E-state index is 0.448. The van der Waals surface area contributed by atoms with Gasteiger partial charge in [-0.15, -0.1) is 0 Å². The topological polar surface area (TPSA) is 29.3 Å². The molecule has 2 N–H and O–H groups in total. The molecule has 1 heterocycles. The number of hydrogen-bond acceptors (Lipinski definition) is 2. The van der Waals surface area contributed by atoms with E-state index in [2.05, 4.69) is 18.7 Å². The largest absolute Gasteiger partial charge is 0.326 e. The molecule has 0 aromatic rings. The molecule has 0 radical (unpaired) electrons. The number of hydrogen-bond donors (Lipinski definition) is 1. The number of nitrogens with zero attached hydrogens (tertiary/aromatic N) is 1. The highest BCUT2D eigenvalue weighted by atomic mass is 15.2. The Kier molecular flexibility index (Phi) is 4.02. The lowest BCUT2D eigenvalue weighted by Crippen LogP contribution is -2.27. The van der Waals surface area contributed by atoms with Gasteiger partial charge < -0.3 is 10.6 Å². The summed E-state index contributed by atoms with van der Waals surface area (Å²) in [6, 6.07) is 0.448. The van der Waals surface area contributed by atoms with E-state index < -0.39 is 0 Å². The molecule has 0 bridgehead atoms. The van der Waals surface area contributed by atoms with Crippen LogP contribution in [0.25, 0.3) is 0 Å². The summed E-state index contributed by atoms with van der Waals surface area (Å²) in [6.07, 6.45) is 3.89. The maximum Gasteiger partial charge on any atom is 0.0180 e. The molecule has 1 aliphatic rings. The third-order valence-corrected chi connectivity index (χ3v) is 2.56. The van der Waals surface area contributed by atoms with Crippen LogP contribution < -0.4 is 5.73 Å². The van der Waals surface area contributed by atoms with Crippen LogP contribution in [0.5, 0.6) is 0 Å². The number of nitrogens with two attached hydrogens (primary N) is 1. The molecule has 0 amide bonds. The molecule has 1 rings (SSSR count). The fraction of sp³-hybridized carbons (Fsp3) is 1.00. The maximum absolute atomic E-state index is 5.81. The first-order valence-corrected chi connectivity index (χ1v) is 5.16. The van der Waals surface area contributed by atoms with E-state index in [9.17, 15) is 0 Å². The van der Waals surface area contributed by atoms with E-state index >= 15 is 0 Å². The van der Waals surface area contributed by atoms with Gasteiger partial charge in [-0.3, -0.25) is 0 Å². The fourth-order valence-corrected chi connectivity index (χ4v) is 1.79. The first-order chi connectivity index (χ1) is 5.68. The molecule has 0 aromatic heterocycles. The first-order valence-electron chi connectivity index (χ1n) is 5.16. The molecule has 0 aromatic carbocycles. The molecule has 0 spiro atoms. The highest BCUT2D eigenvalue weighted by molar-refractivity contribution is 4.77. The minimum absolute atomic E-state index is 0.448. The molecule has 1 fully saturated rings. The van der Waals surface area contributed by atoms with E-state index in [1.54, 1.807) is 0 Å².